The normalized spacial score (nSPS) is 14.2. The Labute approximate surface area is 121 Å². The summed E-state index contributed by atoms with van der Waals surface area (Å²) in [5, 5.41) is 21.3. The van der Waals surface area contributed by atoms with Crippen molar-refractivity contribution in [3.8, 4) is 0 Å². The van der Waals surface area contributed by atoms with Crippen molar-refractivity contribution >= 4 is 6.03 Å². The van der Waals surface area contributed by atoms with E-state index in [0.717, 1.165) is 5.69 Å². The molecule has 0 bridgehead atoms. The Morgan fingerprint density at radius 2 is 2.10 bits per heavy atom. The molecule has 1 aliphatic rings. The third kappa shape index (κ3) is 3.18. The summed E-state index contributed by atoms with van der Waals surface area (Å²) in [6.45, 7) is 0.711. The molecule has 1 aliphatic carbocycles. The largest absolute Gasteiger partial charge is 0.333 e. The Balaban J connectivity index is 1.50. The van der Waals surface area contributed by atoms with Gasteiger partial charge in [0.1, 0.15) is 0 Å². The first-order chi connectivity index (χ1) is 10.1. The number of urea groups is 1. The Hall–Kier alpha value is -2.45. The van der Waals surface area contributed by atoms with E-state index in [1.807, 2.05) is 17.9 Å². The third-order valence-corrected chi connectivity index (χ3v) is 3.48. The Morgan fingerprint density at radius 1 is 1.33 bits per heavy atom. The fourth-order valence-electron chi connectivity index (χ4n) is 2.21. The summed E-state index contributed by atoms with van der Waals surface area (Å²) in [7, 11) is 3.57. The number of carbonyl (C=O) groups is 1. The summed E-state index contributed by atoms with van der Waals surface area (Å²) in [5.74, 6) is 1.09. The van der Waals surface area contributed by atoms with Gasteiger partial charge in [-0.05, 0) is 29.5 Å². The molecule has 21 heavy (non-hydrogen) atoms. The summed E-state index contributed by atoms with van der Waals surface area (Å²) < 4.78 is 1.82. The minimum absolute atomic E-state index is 0.251. The van der Waals surface area contributed by atoms with Gasteiger partial charge < -0.3 is 10.6 Å². The van der Waals surface area contributed by atoms with Crippen LogP contribution < -0.4 is 10.6 Å². The average molecular weight is 290 g/mol. The first-order valence-electron chi connectivity index (χ1n) is 6.89. The van der Waals surface area contributed by atoms with Gasteiger partial charge in [-0.1, -0.05) is 0 Å². The zero-order chi connectivity index (χ0) is 14.8. The van der Waals surface area contributed by atoms with E-state index in [1.165, 1.54) is 23.2 Å². The topological polar surface area (TPSA) is 103 Å². The van der Waals surface area contributed by atoms with E-state index in [1.54, 1.807) is 7.05 Å². The number of hydrogen-bond donors (Lipinski definition) is 2. The minimum Gasteiger partial charge on any atom is -0.333 e. The van der Waals surface area contributed by atoms with Crippen LogP contribution in [-0.2, 0) is 27.2 Å². The van der Waals surface area contributed by atoms with Gasteiger partial charge in [0, 0.05) is 7.05 Å². The van der Waals surface area contributed by atoms with Crippen molar-refractivity contribution in [2.24, 2.45) is 14.1 Å². The second-order valence-electron chi connectivity index (χ2n) is 5.18. The number of amides is 2. The fourth-order valence-corrected chi connectivity index (χ4v) is 2.21. The maximum absolute atomic E-state index is 11.8. The molecule has 2 aromatic rings. The smallest absolute Gasteiger partial charge is 0.315 e. The maximum atomic E-state index is 11.8. The molecular formula is C12H18N8O. The van der Waals surface area contributed by atoms with E-state index in [0.29, 0.717) is 18.3 Å². The molecule has 1 fully saturated rings. The summed E-state index contributed by atoms with van der Waals surface area (Å²) in [4.78, 5) is 13.1. The first kappa shape index (κ1) is 13.5. The molecule has 0 saturated heterocycles. The first-order valence-corrected chi connectivity index (χ1v) is 6.89. The van der Waals surface area contributed by atoms with Crippen LogP contribution in [0.2, 0.25) is 0 Å². The molecule has 2 N–H and O–H groups in total. The molecule has 3 rings (SSSR count). The van der Waals surface area contributed by atoms with Gasteiger partial charge in [0.25, 0.3) is 0 Å². The second-order valence-corrected chi connectivity index (χ2v) is 5.18. The lowest BCUT2D eigenvalue weighted by molar-refractivity contribution is 0.239. The van der Waals surface area contributed by atoms with Crippen LogP contribution in [0.4, 0.5) is 4.79 Å². The van der Waals surface area contributed by atoms with Crippen molar-refractivity contribution in [1.82, 2.24) is 40.6 Å². The van der Waals surface area contributed by atoms with E-state index >= 15 is 0 Å². The summed E-state index contributed by atoms with van der Waals surface area (Å²) in [5.41, 5.74) is 2.30. The van der Waals surface area contributed by atoms with Crippen molar-refractivity contribution < 1.29 is 4.79 Å². The minimum atomic E-state index is -0.259. The maximum Gasteiger partial charge on any atom is 0.315 e. The van der Waals surface area contributed by atoms with Gasteiger partial charge in [0.15, 0.2) is 5.82 Å². The number of aryl methyl sites for hydroxylation is 2. The molecule has 9 heteroatoms. The highest BCUT2D eigenvalue weighted by molar-refractivity contribution is 5.73. The van der Waals surface area contributed by atoms with Gasteiger partial charge in [-0.15, -0.1) is 10.2 Å². The van der Waals surface area contributed by atoms with E-state index in [2.05, 4.69) is 31.1 Å². The van der Waals surface area contributed by atoms with Crippen LogP contribution in [0.25, 0.3) is 0 Å². The molecule has 0 aromatic carbocycles. The van der Waals surface area contributed by atoms with Crippen LogP contribution in [0.5, 0.6) is 0 Å². The number of nitrogens with one attached hydrogen (secondary N) is 2. The van der Waals surface area contributed by atoms with Crippen LogP contribution in [0.1, 0.15) is 35.8 Å². The number of carbonyl (C=O) groups excluding carboxylic acids is 1. The fraction of sp³-hybridized carbons (Fsp3) is 0.583. The predicted octanol–water partition coefficient (Wildman–Crippen LogP) is -0.180. The Bertz CT molecular complexity index is 641. The van der Waals surface area contributed by atoms with Crippen LogP contribution in [0.15, 0.2) is 6.20 Å². The molecule has 0 spiro atoms. The molecule has 2 amide bonds. The van der Waals surface area contributed by atoms with E-state index in [9.17, 15) is 4.79 Å². The zero-order valence-electron chi connectivity index (χ0n) is 12.1. The highest BCUT2D eigenvalue weighted by Crippen LogP contribution is 2.41. The lowest BCUT2D eigenvalue weighted by Gasteiger charge is -2.08. The van der Waals surface area contributed by atoms with Crippen LogP contribution in [0.3, 0.4) is 0 Å². The van der Waals surface area contributed by atoms with Crippen molar-refractivity contribution in [3.05, 3.63) is 23.3 Å². The van der Waals surface area contributed by atoms with Crippen molar-refractivity contribution in [2.75, 3.05) is 0 Å². The Kier molecular flexibility index (Phi) is 3.55. The summed E-state index contributed by atoms with van der Waals surface area (Å²) in [6.07, 6.45) is 4.32. The molecule has 112 valence electrons. The van der Waals surface area contributed by atoms with Gasteiger partial charge in [0.2, 0.25) is 0 Å². The summed E-state index contributed by atoms with van der Waals surface area (Å²) in [6, 6.07) is -0.259. The van der Waals surface area contributed by atoms with Gasteiger partial charge in [-0.25, -0.2) is 4.79 Å². The Morgan fingerprint density at radius 3 is 2.76 bits per heavy atom. The van der Waals surface area contributed by atoms with Crippen LogP contribution in [-0.4, -0.2) is 36.0 Å². The average Bonchev–Trinajstić information content (AvgIpc) is 3.12. The quantitative estimate of drug-likeness (QED) is 0.795. The number of tetrazole rings is 1. The van der Waals surface area contributed by atoms with Crippen LogP contribution in [0, 0.1) is 0 Å². The number of nitrogens with zero attached hydrogens (tertiary/aromatic N) is 6. The molecule has 9 nitrogen and oxygen atoms in total. The molecular weight excluding hydrogens is 272 g/mol. The molecule has 2 aromatic heterocycles. The molecule has 0 radical (unpaired) electrons. The number of rotatable bonds is 5. The van der Waals surface area contributed by atoms with Gasteiger partial charge in [-0.3, -0.25) is 4.68 Å². The SMILES string of the molecule is Cn1nnc(CNC(=O)NCc2c(C3CC3)cnn2C)n1. The molecule has 1 saturated carbocycles. The highest BCUT2D eigenvalue weighted by atomic mass is 16.2. The van der Waals surface area contributed by atoms with Crippen molar-refractivity contribution in [2.45, 2.75) is 31.8 Å². The lowest BCUT2D eigenvalue weighted by atomic mass is 10.1. The predicted molar refractivity (Wildman–Crippen MR) is 73.1 cm³/mol. The van der Waals surface area contributed by atoms with E-state index in [4.69, 9.17) is 0 Å². The van der Waals surface area contributed by atoms with Gasteiger partial charge >= 0.3 is 6.03 Å². The molecule has 0 unspecified atom stereocenters. The standard InChI is InChI=1S/C12H18N8O/c1-19-10(9(5-15-19)8-3-4-8)6-13-12(21)14-7-11-16-18-20(2)17-11/h5,8H,3-4,6-7H2,1-2H3,(H2,13,14,21). The lowest BCUT2D eigenvalue weighted by Crippen LogP contribution is -2.35. The van der Waals surface area contributed by atoms with Crippen molar-refractivity contribution in [3.63, 3.8) is 0 Å². The molecule has 0 atom stereocenters. The summed E-state index contributed by atoms with van der Waals surface area (Å²) >= 11 is 0. The van der Waals surface area contributed by atoms with E-state index in [-0.39, 0.29) is 12.6 Å². The van der Waals surface area contributed by atoms with Gasteiger partial charge in [0.05, 0.1) is 32.0 Å². The second kappa shape index (κ2) is 5.51. The van der Waals surface area contributed by atoms with E-state index < -0.39 is 0 Å². The highest BCUT2D eigenvalue weighted by Gasteiger charge is 2.28. The number of hydrogen-bond acceptors (Lipinski definition) is 5. The number of aromatic nitrogens is 6. The zero-order valence-corrected chi connectivity index (χ0v) is 12.1. The van der Waals surface area contributed by atoms with Crippen molar-refractivity contribution in [1.29, 1.82) is 0 Å². The molecule has 2 heterocycles. The molecule has 0 aliphatic heterocycles. The van der Waals surface area contributed by atoms with Crippen LogP contribution >= 0.6 is 0 Å². The third-order valence-electron chi connectivity index (χ3n) is 3.48. The monoisotopic (exact) mass is 290 g/mol. The van der Waals surface area contributed by atoms with Gasteiger partial charge in [-0.2, -0.15) is 9.90 Å².